The number of anilines is 1. The van der Waals surface area contributed by atoms with Crippen LogP contribution in [0.15, 0.2) is 18.2 Å². The maximum atomic E-state index is 13.1. The highest BCUT2D eigenvalue weighted by Crippen LogP contribution is 2.25. The van der Waals surface area contributed by atoms with Crippen molar-refractivity contribution in [2.24, 2.45) is 0 Å². The van der Waals surface area contributed by atoms with Gasteiger partial charge in [-0.05, 0) is 31.0 Å². The minimum absolute atomic E-state index is 0.138. The lowest BCUT2D eigenvalue weighted by atomic mass is 10.1. The number of benzene rings is 1. The molecule has 0 amide bonds. The van der Waals surface area contributed by atoms with E-state index in [1.807, 2.05) is 0 Å². The number of nitrogens with zero attached hydrogens (tertiary/aromatic N) is 1. The molecule has 1 aliphatic rings. The Morgan fingerprint density at radius 3 is 3.06 bits per heavy atom. The van der Waals surface area contributed by atoms with Crippen molar-refractivity contribution in [3.8, 4) is 0 Å². The summed E-state index contributed by atoms with van der Waals surface area (Å²) in [5, 5.41) is 9.27. The van der Waals surface area contributed by atoms with E-state index in [4.69, 9.17) is 4.74 Å². The molecule has 1 heterocycles. The lowest BCUT2D eigenvalue weighted by molar-refractivity contribution is 0.0892. The molecule has 1 N–H and O–H groups in total. The zero-order valence-corrected chi connectivity index (χ0v) is 10.0. The topological polar surface area (TPSA) is 32.7 Å². The highest BCUT2D eigenvalue weighted by Gasteiger charge is 2.21. The maximum absolute atomic E-state index is 13.1. The fourth-order valence-corrected chi connectivity index (χ4v) is 2.34. The van der Waals surface area contributed by atoms with Crippen molar-refractivity contribution in [3.05, 3.63) is 29.6 Å². The summed E-state index contributed by atoms with van der Waals surface area (Å²) >= 11 is 0. The van der Waals surface area contributed by atoms with Crippen molar-refractivity contribution in [3.63, 3.8) is 0 Å². The van der Waals surface area contributed by atoms with E-state index in [1.165, 1.54) is 12.1 Å². The smallest absolute Gasteiger partial charge is 0.123 e. The van der Waals surface area contributed by atoms with Crippen LogP contribution in [0.1, 0.15) is 18.4 Å². The molecule has 0 spiro atoms. The number of hydrogen-bond donors (Lipinski definition) is 1. The molecule has 1 aliphatic heterocycles. The molecule has 1 saturated heterocycles. The zero-order chi connectivity index (χ0) is 12.3. The van der Waals surface area contributed by atoms with Gasteiger partial charge in [0.05, 0.1) is 12.7 Å². The van der Waals surface area contributed by atoms with Crippen LogP contribution in [-0.4, -0.2) is 31.4 Å². The summed E-state index contributed by atoms with van der Waals surface area (Å²) in [4.78, 5) is 2.16. The molecule has 1 unspecified atom stereocenters. The summed E-state index contributed by atoms with van der Waals surface area (Å²) in [6.45, 7) is 1.59. The van der Waals surface area contributed by atoms with E-state index < -0.39 is 0 Å². The van der Waals surface area contributed by atoms with E-state index in [9.17, 15) is 9.50 Å². The molecule has 1 aromatic rings. The molecule has 0 bridgehead atoms. The third-order valence-electron chi connectivity index (χ3n) is 3.26. The van der Waals surface area contributed by atoms with Gasteiger partial charge in [-0.2, -0.15) is 0 Å². The fourth-order valence-electron chi connectivity index (χ4n) is 2.34. The first kappa shape index (κ1) is 12.3. The van der Waals surface area contributed by atoms with E-state index in [2.05, 4.69) is 4.90 Å². The number of ether oxygens (including phenoxy) is 1. The van der Waals surface area contributed by atoms with Gasteiger partial charge in [0.25, 0.3) is 0 Å². The van der Waals surface area contributed by atoms with E-state index >= 15 is 0 Å². The Kier molecular flexibility index (Phi) is 3.97. The van der Waals surface area contributed by atoms with Gasteiger partial charge >= 0.3 is 0 Å². The minimum Gasteiger partial charge on any atom is -0.392 e. The van der Waals surface area contributed by atoms with Crippen LogP contribution in [0, 0.1) is 5.82 Å². The van der Waals surface area contributed by atoms with Gasteiger partial charge in [0.1, 0.15) is 5.82 Å². The van der Waals surface area contributed by atoms with Crippen molar-refractivity contribution in [1.82, 2.24) is 0 Å². The maximum Gasteiger partial charge on any atom is 0.123 e. The van der Waals surface area contributed by atoms with Crippen molar-refractivity contribution >= 4 is 5.69 Å². The van der Waals surface area contributed by atoms with Crippen LogP contribution in [0.5, 0.6) is 0 Å². The summed E-state index contributed by atoms with van der Waals surface area (Å²) in [5.41, 5.74) is 1.55. The van der Waals surface area contributed by atoms with Crippen LogP contribution in [0.2, 0.25) is 0 Å². The van der Waals surface area contributed by atoms with Crippen LogP contribution in [0.25, 0.3) is 0 Å². The monoisotopic (exact) mass is 239 g/mol. The molecule has 1 fully saturated rings. The van der Waals surface area contributed by atoms with Crippen LogP contribution in [0.4, 0.5) is 10.1 Å². The van der Waals surface area contributed by atoms with Crippen LogP contribution < -0.4 is 4.90 Å². The van der Waals surface area contributed by atoms with Crippen molar-refractivity contribution in [2.45, 2.75) is 25.6 Å². The molecule has 0 radical (unpaired) electrons. The molecular formula is C13H18FNO2. The van der Waals surface area contributed by atoms with Crippen LogP contribution >= 0.6 is 0 Å². The summed E-state index contributed by atoms with van der Waals surface area (Å²) in [5.74, 6) is -0.307. The predicted molar refractivity (Wildman–Crippen MR) is 64.6 cm³/mol. The molecule has 1 atom stereocenters. The Labute approximate surface area is 101 Å². The highest BCUT2D eigenvalue weighted by molar-refractivity contribution is 5.54. The molecule has 4 heteroatoms. The summed E-state index contributed by atoms with van der Waals surface area (Å²) in [7, 11) is 1.71. The van der Waals surface area contributed by atoms with Crippen LogP contribution in [0.3, 0.4) is 0 Å². The Hall–Kier alpha value is -1.13. The Morgan fingerprint density at radius 2 is 2.35 bits per heavy atom. The highest BCUT2D eigenvalue weighted by atomic mass is 19.1. The minimum atomic E-state index is -0.307. The number of aliphatic hydroxyl groups is 1. The van der Waals surface area contributed by atoms with Gasteiger partial charge in [0, 0.05) is 31.5 Å². The first-order valence-corrected chi connectivity index (χ1v) is 5.91. The lowest BCUT2D eigenvalue weighted by Crippen LogP contribution is -2.39. The van der Waals surface area contributed by atoms with Crippen molar-refractivity contribution < 1.29 is 14.2 Å². The second-order valence-electron chi connectivity index (χ2n) is 4.38. The van der Waals surface area contributed by atoms with Gasteiger partial charge in [-0.15, -0.1) is 0 Å². The molecule has 0 saturated carbocycles. The summed E-state index contributed by atoms with van der Waals surface area (Å²) < 4.78 is 18.5. The third-order valence-corrected chi connectivity index (χ3v) is 3.26. The summed E-state index contributed by atoms with van der Waals surface area (Å²) in [6.07, 6.45) is 2.34. The second kappa shape index (κ2) is 5.47. The zero-order valence-electron chi connectivity index (χ0n) is 10.0. The summed E-state index contributed by atoms with van der Waals surface area (Å²) in [6, 6.07) is 4.57. The van der Waals surface area contributed by atoms with Gasteiger partial charge in [-0.3, -0.25) is 0 Å². The normalized spacial score (nSPS) is 20.6. The first-order valence-electron chi connectivity index (χ1n) is 5.91. The van der Waals surface area contributed by atoms with E-state index in [1.54, 1.807) is 13.2 Å². The van der Waals surface area contributed by atoms with Gasteiger partial charge in [-0.1, -0.05) is 0 Å². The van der Waals surface area contributed by atoms with Crippen molar-refractivity contribution in [1.29, 1.82) is 0 Å². The van der Waals surface area contributed by atoms with Gasteiger partial charge in [0.15, 0.2) is 0 Å². The molecule has 3 nitrogen and oxygen atoms in total. The standard InChI is InChI=1S/C13H18FNO2/c1-17-12-3-2-6-15(8-12)13-5-4-11(14)7-10(13)9-16/h4-5,7,12,16H,2-3,6,8-9H2,1H3. The molecule has 0 aliphatic carbocycles. The van der Waals surface area contributed by atoms with E-state index in [0.717, 1.165) is 31.6 Å². The molecule has 1 aromatic carbocycles. The number of hydrogen-bond acceptors (Lipinski definition) is 3. The Bertz CT molecular complexity index is 384. The quantitative estimate of drug-likeness (QED) is 0.875. The Balaban J connectivity index is 2.20. The fraction of sp³-hybridized carbons (Fsp3) is 0.538. The predicted octanol–water partition coefficient (Wildman–Crippen LogP) is 1.93. The molecule has 0 aromatic heterocycles. The molecule has 2 rings (SSSR count). The first-order chi connectivity index (χ1) is 8.24. The molecule has 17 heavy (non-hydrogen) atoms. The van der Waals surface area contributed by atoms with Crippen LogP contribution in [-0.2, 0) is 11.3 Å². The largest absolute Gasteiger partial charge is 0.392 e. The van der Waals surface area contributed by atoms with E-state index in [-0.39, 0.29) is 18.5 Å². The average Bonchev–Trinajstić information content (AvgIpc) is 2.38. The van der Waals surface area contributed by atoms with Gasteiger partial charge in [-0.25, -0.2) is 4.39 Å². The van der Waals surface area contributed by atoms with Gasteiger partial charge < -0.3 is 14.7 Å². The lowest BCUT2D eigenvalue weighted by Gasteiger charge is -2.34. The Morgan fingerprint density at radius 1 is 1.53 bits per heavy atom. The average molecular weight is 239 g/mol. The van der Waals surface area contributed by atoms with Gasteiger partial charge in [0.2, 0.25) is 0 Å². The SMILES string of the molecule is COC1CCCN(c2ccc(F)cc2CO)C1. The van der Waals surface area contributed by atoms with Crippen molar-refractivity contribution in [2.75, 3.05) is 25.1 Å². The molecular weight excluding hydrogens is 221 g/mol. The van der Waals surface area contributed by atoms with E-state index in [0.29, 0.717) is 5.56 Å². The second-order valence-corrected chi connectivity index (χ2v) is 4.38. The third kappa shape index (κ3) is 2.76. The number of halogens is 1. The molecule has 94 valence electrons. The number of piperidine rings is 1. The number of rotatable bonds is 3. The number of aliphatic hydroxyl groups excluding tert-OH is 1. The number of methoxy groups -OCH3 is 1.